The molecule has 6 heteroatoms. The van der Waals surface area contributed by atoms with Crippen molar-refractivity contribution in [1.82, 2.24) is 10.3 Å². The third-order valence-corrected chi connectivity index (χ3v) is 7.88. The van der Waals surface area contributed by atoms with Gasteiger partial charge in [0, 0.05) is 29.0 Å². The molecule has 1 N–H and O–H groups in total. The smallest absolute Gasteiger partial charge is 0.248 e. The van der Waals surface area contributed by atoms with E-state index in [-0.39, 0.29) is 24.3 Å². The van der Waals surface area contributed by atoms with Gasteiger partial charge >= 0.3 is 0 Å². The Kier molecular flexibility index (Phi) is 8.69. The summed E-state index contributed by atoms with van der Waals surface area (Å²) in [5.41, 5.74) is 2.73. The number of hydrogen-bond acceptors (Lipinski definition) is 4. The predicted molar refractivity (Wildman–Crippen MR) is 143 cm³/mol. The minimum Gasteiger partial charge on any atom is -0.351 e. The molecule has 2 unspecified atom stereocenters. The van der Waals surface area contributed by atoms with Crippen molar-refractivity contribution in [2.45, 2.75) is 76.8 Å². The van der Waals surface area contributed by atoms with Gasteiger partial charge in [-0.15, -0.1) is 11.3 Å². The molecule has 2 amide bonds. The predicted octanol–water partition coefficient (Wildman–Crippen LogP) is 6.42. The first kappa shape index (κ1) is 25.1. The molecule has 2 atom stereocenters. The summed E-state index contributed by atoms with van der Waals surface area (Å²) in [5.74, 6) is 0.211. The number of carbonyl (C=O) groups excluding carboxylic acids is 2. The van der Waals surface area contributed by atoms with Gasteiger partial charge in [-0.1, -0.05) is 51.3 Å². The van der Waals surface area contributed by atoms with Gasteiger partial charge in [0.15, 0.2) is 0 Å². The molecule has 35 heavy (non-hydrogen) atoms. The van der Waals surface area contributed by atoms with Crippen molar-refractivity contribution in [3.05, 3.63) is 82.3 Å². The molecule has 184 valence electrons. The number of hydrogen-bond donors (Lipinski definition) is 1. The third-order valence-electron chi connectivity index (χ3n) is 7.01. The molecule has 1 saturated carbocycles. The maximum Gasteiger partial charge on any atom is 0.248 e. The average molecular weight is 490 g/mol. The number of amides is 2. The molecule has 5 nitrogen and oxygen atoms in total. The molecule has 0 radical (unpaired) electrons. The molecular weight excluding hydrogens is 454 g/mol. The molecule has 1 aliphatic rings. The lowest BCUT2D eigenvalue weighted by Crippen LogP contribution is -2.47. The van der Waals surface area contributed by atoms with Crippen LogP contribution in [0, 0.1) is 0 Å². The monoisotopic (exact) mass is 489 g/mol. The van der Waals surface area contributed by atoms with Crippen LogP contribution in [-0.4, -0.2) is 22.8 Å². The lowest BCUT2D eigenvalue weighted by molar-refractivity contribution is -0.127. The number of thiophene rings is 1. The van der Waals surface area contributed by atoms with Crippen LogP contribution in [-0.2, 0) is 16.0 Å². The Bertz CT molecular complexity index is 1080. The van der Waals surface area contributed by atoms with Gasteiger partial charge in [0.05, 0.1) is 6.42 Å². The van der Waals surface area contributed by atoms with Gasteiger partial charge in [0.2, 0.25) is 11.8 Å². The van der Waals surface area contributed by atoms with Crippen LogP contribution >= 0.6 is 11.3 Å². The van der Waals surface area contributed by atoms with Crippen LogP contribution in [0.4, 0.5) is 5.69 Å². The first-order valence-corrected chi connectivity index (χ1v) is 13.6. The van der Waals surface area contributed by atoms with Crippen LogP contribution in [0.1, 0.15) is 80.3 Å². The summed E-state index contributed by atoms with van der Waals surface area (Å²) >= 11 is 1.56. The van der Waals surface area contributed by atoms with E-state index in [4.69, 9.17) is 0 Å². The highest BCUT2D eigenvalue weighted by molar-refractivity contribution is 7.10. The number of nitrogens with zero attached hydrogens (tertiary/aromatic N) is 2. The van der Waals surface area contributed by atoms with E-state index in [2.05, 4.69) is 36.3 Å². The zero-order chi connectivity index (χ0) is 24.6. The van der Waals surface area contributed by atoms with Crippen LogP contribution < -0.4 is 10.2 Å². The summed E-state index contributed by atoms with van der Waals surface area (Å²) in [5, 5.41) is 5.25. The first-order chi connectivity index (χ1) is 17.1. The Morgan fingerprint density at radius 2 is 1.74 bits per heavy atom. The highest BCUT2D eigenvalue weighted by Crippen LogP contribution is 2.31. The SMILES string of the molecule is CCC(C)c1ccc(N(C(=O)Cc2cccs2)C(C(=O)NC2CCCCC2)c2ccncc2)cc1. The summed E-state index contributed by atoms with van der Waals surface area (Å²) < 4.78 is 0. The molecule has 2 aromatic heterocycles. The fraction of sp³-hybridized carbons (Fsp3) is 0.414. The van der Waals surface area contributed by atoms with Gasteiger partial charge in [-0.25, -0.2) is 0 Å². The van der Waals surface area contributed by atoms with E-state index in [9.17, 15) is 9.59 Å². The zero-order valence-electron chi connectivity index (χ0n) is 20.7. The Morgan fingerprint density at radius 1 is 1.03 bits per heavy atom. The molecule has 2 heterocycles. The number of pyridine rings is 1. The van der Waals surface area contributed by atoms with Crippen LogP contribution in [0.3, 0.4) is 0 Å². The van der Waals surface area contributed by atoms with Crippen LogP contribution in [0.25, 0.3) is 0 Å². The minimum absolute atomic E-state index is 0.0932. The van der Waals surface area contributed by atoms with Crippen LogP contribution in [0.15, 0.2) is 66.3 Å². The van der Waals surface area contributed by atoms with Gasteiger partial charge in [0.25, 0.3) is 0 Å². The standard InChI is InChI=1S/C29H35N3O2S/c1-3-21(2)22-11-13-25(14-12-22)32(27(33)20-26-10-7-19-35-26)28(23-15-17-30-18-16-23)29(34)31-24-8-5-4-6-9-24/h7,10-19,21,24,28H,3-6,8-9,20H2,1-2H3,(H,31,34). The second-order valence-electron chi connectivity index (χ2n) is 9.45. The van der Waals surface area contributed by atoms with Crippen molar-refractivity contribution >= 4 is 28.8 Å². The lowest BCUT2D eigenvalue weighted by atomic mass is 9.94. The molecule has 3 aromatic rings. The molecule has 0 aliphatic heterocycles. The second-order valence-corrected chi connectivity index (χ2v) is 10.5. The number of aromatic nitrogens is 1. The number of anilines is 1. The number of rotatable bonds is 9. The molecule has 0 spiro atoms. The molecule has 0 saturated heterocycles. The van der Waals surface area contributed by atoms with Gasteiger partial charge in [-0.3, -0.25) is 19.5 Å². The Labute approximate surface area is 212 Å². The molecule has 0 bridgehead atoms. The van der Waals surface area contributed by atoms with Crippen molar-refractivity contribution in [2.24, 2.45) is 0 Å². The van der Waals surface area contributed by atoms with Crippen molar-refractivity contribution in [3.63, 3.8) is 0 Å². The summed E-state index contributed by atoms with van der Waals surface area (Å²) in [6.45, 7) is 4.37. The first-order valence-electron chi connectivity index (χ1n) is 12.7. The van der Waals surface area contributed by atoms with Crippen molar-refractivity contribution in [3.8, 4) is 0 Å². The fourth-order valence-corrected chi connectivity index (χ4v) is 5.47. The van der Waals surface area contributed by atoms with Gasteiger partial charge in [0.1, 0.15) is 6.04 Å². The summed E-state index contributed by atoms with van der Waals surface area (Å²) in [7, 11) is 0. The Balaban J connectivity index is 1.72. The van der Waals surface area contributed by atoms with Gasteiger partial charge in [-0.05, 0) is 72.0 Å². The minimum atomic E-state index is -0.762. The Hall–Kier alpha value is -2.99. The zero-order valence-corrected chi connectivity index (χ0v) is 21.5. The van der Waals surface area contributed by atoms with Gasteiger partial charge in [-0.2, -0.15) is 0 Å². The van der Waals surface area contributed by atoms with Crippen LogP contribution in [0.5, 0.6) is 0 Å². The molecule has 1 fully saturated rings. The highest BCUT2D eigenvalue weighted by atomic mass is 32.1. The second kappa shape index (κ2) is 12.1. The number of nitrogens with one attached hydrogen (secondary N) is 1. The molecule has 4 rings (SSSR count). The van der Waals surface area contributed by atoms with E-state index in [0.29, 0.717) is 5.92 Å². The van der Waals surface area contributed by atoms with E-state index < -0.39 is 6.04 Å². The van der Waals surface area contributed by atoms with Crippen molar-refractivity contribution < 1.29 is 9.59 Å². The van der Waals surface area contributed by atoms with Crippen molar-refractivity contribution in [2.75, 3.05) is 4.90 Å². The maximum atomic E-state index is 13.8. The lowest BCUT2D eigenvalue weighted by Gasteiger charge is -2.33. The Morgan fingerprint density at radius 3 is 2.37 bits per heavy atom. The molecule has 1 aromatic carbocycles. The third kappa shape index (κ3) is 6.37. The molecular formula is C29H35N3O2S. The number of benzene rings is 1. The van der Waals surface area contributed by atoms with Crippen LogP contribution in [0.2, 0.25) is 0 Å². The largest absolute Gasteiger partial charge is 0.351 e. The van der Waals surface area contributed by atoms with Crippen molar-refractivity contribution in [1.29, 1.82) is 0 Å². The van der Waals surface area contributed by atoms with Gasteiger partial charge < -0.3 is 5.32 Å². The fourth-order valence-electron chi connectivity index (χ4n) is 4.77. The summed E-state index contributed by atoms with van der Waals surface area (Å²) in [6, 6.07) is 15.1. The quantitative estimate of drug-likeness (QED) is 0.377. The van der Waals surface area contributed by atoms with E-state index in [1.165, 1.54) is 12.0 Å². The maximum absolute atomic E-state index is 13.8. The summed E-state index contributed by atoms with van der Waals surface area (Å²) in [6.07, 6.45) is 10.1. The highest BCUT2D eigenvalue weighted by Gasteiger charge is 2.34. The average Bonchev–Trinajstić information content (AvgIpc) is 3.41. The topological polar surface area (TPSA) is 62.3 Å². The van der Waals surface area contributed by atoms with E-state index in [0.717, 1.165) is 48.2 Å². The van der Waals surface area contributed by atoms with E-state index in [1.807, 2.05) is 41.8 Å². The summed E-state index contributed by atoms with van der Waals surface area (Å²) in [4.78, 5) is 34.5. The number of carbonyl (C=O) groups is 2. The van der Waals surface area contributed by atoms with E-state index >= 15 is 0 Å². The van der Waals surface area contributed by atoms with E-state index in [1.54, 1.807) is 28.6 Å². The molecule has 1 aliphatic carbocycles. The normalized spacial score (nSPS) is 15.8.